The number of rotatable bonds is 1. The Morgan fingerprint density at radius 1 is 1.07 bits per heavy atom. The van der Waals surface area contributed by atoms with E-state index in [0.29, 0.717) is 5.75 Å². The molecular formula is C11H11BiO3. The molecule has 78 valence electrons. The maximum absolute atomic E-state index is 10.4. The van der Waals surface area contributed by atoms with E-state index in [-0.39, 0.29) is 26.2 Å². The predicted molar refractivity (Wildman–Crippen MR) is 62.5 cm³/mol. The standard InChI is InChI=1S/C11H8O3.Bi.3H/c12-11(13)14-10-7-3-5-8-4-1-2-6-9(8)10;;;;/h1-7H,(H,12,13);;;;. The van der Waals surface area contributed by atoms with E-state index >= 15 is 0 Å². The van der Waals surface area contributed by atoms with Crippen molar-refractivity contribution in [3.63, 3.8) is 0 Å². The number of benzene rings is 2. The molecule has 0 fully saturated rings. The Morgan fingerprint density at radius 3 is 2.47 bits per heavy atom. The van der Waals surface area contributed by atoms with Gasteiger partial charge in [0.05, 0.1) is 0 Å². The number of carbonyl (C=O) groups is 1. The zero-order valence-corrected chi connectivity index (χ0v) is 13.5. The van der Waals surface area contributed by atoms with Crippen molar-refractivity contribution in [2.45, 2.75) is 0 Å². The van der Waals surface area contributed by atoms with Crippen LogP contribution in [-0.2, 0) is 0 Å². The van der Waals surface area contributed by atoms with Crippen LogP contribution in [0.25, 0.3) is 10.8 Å². The minimum atomic E-state index is -1.29. The van der Waals surface area contributed by atoms with Gasteiger partial charge in [0.2, 0.25) is 0 Å². The maximum atomic E-state index is 10.4. The third kappa shape index (κ3) is 2.66. The van der Waals surface area contributed by atoms with Crippen molar-refractivity contribution in [2.24, 2.45) is 0 Å². The second-order valence-corrected chi connectivity index (χ2v) is 2.85. The van der Waals surface area contributed by atoms with Gasteiger partial charge in [-0.1, -0.05) is 36.4 Å². The molecule has 15 heavy (non-hydrogen) atoms. The van der Waals surface area contributed by atoms with Crippen molar-refractivity contribution in [2.75, 3.05) is 0 Å². The van der Waals surface area contributed by atoms with Crippen LogP contribution in [0.15, 0.2) is 42.5 Å². The van der Waals surface area contributed by atoms with Crippen LogP contribution in [0.5, 0.6) is 5.75 Å². The number of ether oxygens (including phenoxy) is 1. The molecule has 0 unspecified atom stereocenters. The van der Waals surface area contributed by atoms with Gasteiger partial charge in [0.15, 0.2) is 0 Å². The van der Waals surface area contributed by atoms with Gasteiger partial charge in [0.1, 0.15) is 5.75 Å². The van der Waals surface area contributed by atoms with Crippen molar-refractivity contribution < 1.29 is 14.6 Å². The topological polar surface area (TPSA) is 46.5 Å². The Kier molecular flexibility index (Phi) is 4.04. The van der Waals surface area contributed by atoms with Gasteiger partial charge < -0.3 is 9.84 Å². The van der Waals surface area contributed by atoms with E-state index in [1.807, 2.05) is 30.3 Å². The van der Waals surface area contributed by atoms with Gasteiger partial charge >= 0.3 is 32.4 Å². The summed E-state index contributed by atoms with van der Waals surface area (Å²) in [6.07, 6.45) is -1.29. The van der Waals surface area contributed by atoms with Crippen LogP contribution < -0.4 is 4.74 Å². The first kappa shape index (κ1) is 11.9. The SMILES string of the molecule is O=C(O)Oc1cccc2ccccc12.[BiH3]. The van der Waals surface area contributed by atoms with Crippen molar-refractivity contribution in [3.8, 4) is 5.75 Å². The van der Waals surface area contributed by atoms with Crippen LogP contribution in [0, 0.1) is 0 Å². The summed E-state index contributed by atoms with van der Waals surface area (Å²) in [4.78, 5) is 10.4. The molecule has 0 atom stereocenters. The first-order valence-electron chi connectivity index (χ1n) is 4.16. The average molecular weight is 400 g/mol. The van der Waals surface area contributed by atoms with Crippen LogP contribution in [0.4, 0.5) is 4.79 Å². The molecule has 2 aromatic rings. The van der Waals surface area contributed by atoms with Crippen molar-refractivity contribution in [3.05, 3.63) is 42.5 Å². The normalized spacial score (nSPS) is 9.33. The number of hydrogen-bond acceptors (Lipinski definition) is 2. The molecule has 0 aliphatic heterocycles. The van der Waals surface area contributed by atoms with Gasteiger partial charge in [-0.25, -0.2) is 4.79 Å². The Morgan fingerprint density at radius 2 is 1.73 bits per heavy atom. The van der Waals surface area contributed by atoms with Crippen molar-refractivity contribution in [1.29, 1.82) is 0 Å². The molecule has 2 rings (SSSR count). The number of carboxylic acid groups (broad SMARTS) is 1. The second-order valence-electron chi connectivity index (χ2n) is 2.85. The van der Waals surface area contributed by atoms with E-state index in [0.717, 1.165) is 10.8 Å². The summed E-state index contributed by atoms with van der Waals surface area (Å²) in [7, 11) is 0. The molecule has 2 aromatic carbocycles. The van der Waals surface area contributed by atoms with Crippen LogP contribution in [0.1, 0.15) is 0 Å². The molecule has 0 spiro atoms. The number of hydrogen-bond donors (Lipinski definition) is 1. The van der Waals surface area contributed by atoms with Gasteiger partial charge in [-0.15, -0.1) is 0 Å². The molecule has 0 aliphatic carbocycles. The Labute approximate surface area is 106 Å². The molecule has 0 aromatic heterocycles. The molecule has 0 saturated carbocycles. The van der Waals surface area contributed by atoms with Crippen LogP contribution in [-0.4, -0.2) is 37.5 Å². The van der Waals surface area contributed by atoms with Crippen LogP contribution >= 0.6 is 0 Å². The Bertz CT molecular complexity index is 477. The van der Waals surface area contributed by atoms with Crippen molar-refractivity contribution in [1.82, 2.24) is 0 Å². The van der Waals surface area contributed by atoms with Crippen molar-refractivity contribution >= 4 is 43.1 Å². The monoisotopic (exact) mass is 400 g/mol. The van der Waals surface area contributed by atoms with Crippen LogP contribution in [0.2, 0.25) is 0 Å². The number of fused-ring (bicyclic) bond motifs is 1. The fourth-order valence-corrected chi connectivity index (χ4v) is 1.38. The molecule has 1 N–H and O–H groups in total. The van der Waals surface area contributed by atoms with E-state index in [1.165, 1.54) is 0 Å². The third-order valence-corrected chi connectivity index (χ3v) is 1.95. The minimum absolute atomic E-state index is 0. The van der Waals surface area contributed by atoms with E-state index in [1.54, 1.807) is 12.1 Å². The molecule has 0 radical (unpaired) electrons. The van der Waals surface area contributed by atoms with Gasteiger partial charge in [0, 0.05) is 5.39 Å². The first-order chi connectivity index (χ1) is 6.77. The van der Waals surface area contributed by atoms with E-state index in [4.69, 9.17) is 5.11 Å². The van der Waals surface area contributed by atoms with Gasteiger partial charge in [0.25, 0.3) is 0 Å². The van der Waals surface area contributed by atoms with E-state index in [9.17, 15) is 4.79 Å². The quantitative estimate of drug-likeness (QED) is 0.451. The summed E-state index contributed by atoms with van der Waals surface area (Å²) in [6, 6.07) is 12.8. The third-order valence-electron chi connectivity index (χ3n) is 1.95. The zero-order chi connectivity index (χ0) is 9.97. The molecule has 0 bridgehead atoms. The molecular weight excluding hydrogens is 389 g/mol. The summed E-state index contributed by atoms with van der Waals surface area (Å²) in [6.45, 7) is 0. The van der Waals surface area contributed by atoms with E-state index < -0.39 is 6.16 Å². The molecule has 0 saturated heterocycles. The summed E-state index contributed by atoms with van der Waals surface area (Å²) in [5, 5.41) is 10.3. The van der Waals surface area contributed by atoms with Gasteiger partial charge in [-0.2, -0.15) is 0 Å². The zero-order valence-electron chi connectivity index (χ0n) is 8.01. The summed E-state index contributed by atoms with van der Waals surface area (Å²) >= 11 is 0. The first-order valence-corrected chi connectivity index (χ1v) is 4.16. The second kappa shape index (κ2) is 5.08. The Hall–Kier alpha value is -1.15. The fourth-order valence-electron chi connectivity index (χ4n) is 1.38. The predicted octanol–water partition coefficient (Wildman–Crippen LogP) is 1.71. The summed E-state index contributed by atoms with van der Waals surface area (Å²) in [5.41, 5.74) is 0. The Balaban J connectivity index is 0.00000112. The summed E-state index contributed by atoms with van der Waals surface area (Å²) < 4.78 is 4.64. The van der Waals surface area contributed by atoms with Gasteiger partial charge in [-0.3, -0.25) is 0 Å². The van der Waals surface area contributed by atoms with E-state index in [2.05, 4.69) is 4.74 Å². The molecule has 0 heterocycles. The molecule has 0 amide bonds. The van der Waals surface area contributed by atoms with Crippen LogP contribution in [0.3, 0.4) is 0 Å². The fraction of sp³-hybridized carbons (Fsp3) is 0. The summed E-state index contributed by atoms with van der Waals surface area (Å²) in [5.74, 6) is 0.371. The molecule has 4 heteroatoms. The van der Waals surface area contributed by atoms with Gasteiger partial charge in [-0.05, 0) is 11.5 Å². The molecule has 3 nitrogen and oxygen atoms in total. The molecule has 0 aliphatic rings. The average Bonchev–Trinajstić information content (AvgIpc) is 2.18.